The Morgan fingerprint density at radius 3 is 2.87 bits per heavy atom. The van der Waals surface area contributed by atoms with Crippen LogP contribution in [0.25, 0.3) is 0 Å². The molecule has 0 aromatic carbocycles. The highest BCUT2D eigenvalue weighted by Crippen LogP contribution is 2.02. The molecular formula is C11H16N4. The summed E-state index contributed by atoms with van der Waals surface area (Å²) in [5.41, 5.74) is 0.441. The number of hydrogen-bond donors (Lipinski definition) is 2. The molecule has 0 amide bonds. The van der Waals surface area contributed by atoms with Crippen LogP contribution in [0.2, 0.25) is 0 Å². The predicted octanol–water partition coefficient (Wildman–Crippen LogP) is 1.36. The van der Waals surface area contributed by atoms with Gasteiger partial charge >= 0.3 is 0 Å². The molecule has 4 nitrogen and oxygen atoms in total. The molecule has 4 heteroatoms. The lowest BCUT2D eigenvalue weighted by Gasteiger charge is -2.09. The first kappa shape index (κ1) is 11.5. The van der Waals surface area contributed by atoms with Crippen molar-refractivity contribution < 1.29 is 0 Å². The summed E-state index contributed by atoms with van der Waals surface area (Å²) in [6.07, 6.45) is 0. The molecule has 0 saturated heterocycles. The number of hydrogen-bond acceptors (Lipinski definition) is 4. The van der Waals surface area contributed by atoms with Crippen molar-refractivity contribution in [3.8, 4) is 6.07 Å². The molecule has 0 atom stereocenters. The minimum atomic E-state index is 0.441. The van der Waals surface area contributed by atoms with Gasteiger partial charge in [0.2, 0.25) is 0 Å². The fraction of sp³-hybridized carbons (Fsp3) is 0.455. The van der Waals surface area contributed by atoms with E-state index in [4.69, 9.17) is 5.26 Å². The normalized spacial score (nSPS) is 10.0. The van der Waals surface area contributed by atoms with Gasteiger partial charge in [0, 0.05) is 19.1 Å². The van der Waals surface area contributed by atoms with Gasteiger partial charge in [0.05, 0.1) is 0 Å². The fourth-order valence-corrected chi connectivity index (χ4v) is 1.15. The van der Waals surface area contributed by atoms with Crippen molar-refractivity contribution in [2.24, 2.45) is 0 Å². The van der Waals surface area contributed by atoms with E-state index in [0.29, 0.717) is 11.7 Å². The Balaban J connectivity index is 2.35. The van der Waals surface area contributed by atoms with E-state index in [9.17, 15) is 0 Å². The fourth-order valence-electron chi connectivity index (χ4n) is 1.15. The van der Waals surface area contributed by atoms with E-state index in [0.717, 1.165) is 18.9 Å². The molecule has 0 aliphatic rings. The van der Waals surface area contributed by atoms with Crippen LogP contribution in [0.3, 0.4) is 0 Å². The highest BCUT2D eigenvalue weighted by molar-refractivity contribution is 5.38. The Labute approximate surface area is 90.3 Å². The minimum Gasteiger partial charge on any atom is -0.369 e. The third-order valence-electron chi connectivity index (χ3n) is 1.85. The Morgan fingerprint density at radius 1 is 1.40 bits per heavy atom. The lowest BCUT2D eigenvalue weighted by atomic mass is 10.3. The molecule has 1 aromatic heterocycles. The van der Waals surface area contributed by atoms with Gasteiger partial charge in [0.25, 0.3) is 0 Å². The van der Waals surface area contributed by atoms with Crippen molar-refractivity contribution in [2.45, 2.75) is 19.9 Å². The van der Waals surface area contributed by atoms with Crippen LogP contribution < -0.4 is 10.6 Å². The maximum absolute atomic E-state index is 8.65. The Kier molecular flexibility index (Phi) is 4.58. The first-order valence-corrected chi connectivity index (χ1v) is 5.07. The molecule has 2 N–H and O–H groups in total. The van der Waals surface area contributed by atoms with Crippen LogP contribution in [0.4, 0.5) is 5.82 Å². The second-order valence-corrected chi connectivity index (χ2v) is 3.56. The highest BCUT2D eigenvalue weighted by Gasteiger charge is 1.96. The SMILES string of the molecule is CC(C)NCCNc1cccc(C#N)n1. The monoisotopic (exact) mass is 204 g/mol. The molecule has 0 bridgehead atoms. The molecule has 0 radical (unpaired) electrons. The van der Waals surface area contributed by atoms with Gasteiger partial charge in [-0.25, -0.2) is 4.98 Å². The quantitative estimate of drug-likeness (QED) is 0.711. The van der Waals surface area contributed by atoms with Gasteiger partial charge in [-0.3, -0.25) is 0 Å². The summed E-state index contributed by atoms with van der Waals surface area (Å²) >= 11 is 0. The zero-order valence-corrected chi connectivity index (χ0v) is 9.12. The van der Waals surface area contributed by atoms with Crippen molar-refractivity contribution in [1.29, 1.82) is 5.26 Å². The molecular weight excluding hydrogens is 188 g/mol. The number of nitrogens with one attached hydrogen (secondary N) is 2. The van der Waals surface area contributed by atoms with Crippen LogP contribution in [-0.4, -0.2) is 24.1 Å². The van der Waals surface area contributed by atoms with Crippen LogP contribution in [0.15, 0.2) is 18.2 Å². The van der Waals surface area contributed by atoms with Gasteiger partial charge in [-0.1, -0.05) is 19.9 Å². The van der Waals surface area contributed by atoms with E-state index >= 15 is 0 Å². The van der Waals surface area contributed by atoms with Crippen LogP contribution in [0.5, 0.6) is 0 Å². The molecule has 0 spiro atoms. The second kappa shape index (κ2) is 5.99. The van der Waals surface area contributed by atoms with Crippen LogP contribution in [-0.2, 0) is 0 Å². The molecule has 0 fully saturated rings. The lowest BCUT2D eigenvalue weighted by Crippen LogP contribution is -2.28. The lowest BCUT2D eigenvalue weighted by molar-refractivity contribution is 0.602. The first-order valence-electron chi connectivity index (χ1n) is 5.07. The van der Waals surface area contributed by atoms with Crippen LogP contribution in [0, 0.1) is 11.3 Å². The Bertz CT molecular complexity index is 341. The Morgan fingerprint density at radius 2 is 2.20 bits per heavy atom. The third kappa shape index (κ3) is 4.43. The third-order valence-corrected chi connectivity index (χ3v) is 1.85. The maximum Gasteiger partial charge on any atom is 0.142 e. The van der Waals surface area contributed by atoms with Crippen molar-refractivity contribution in [2.75, 3.05) is 18.4 Å². The average molecular weight is 204 g/mol. The number of nitrogens with zero attached hydrogens (tertiary/aromatic N) is 2. The van der Waals surface area contributed by atoms with E-state index in [1.165, 1.54) is 0 Å². The van der Waals surface area contributed by atoms with Crippen molar-refractivity contribution in [3.63, 3.8) is 0 Å². The summed E-state index contributed by atoms with van der Waals surface area (Å²) in [6.45, 7) is 5.90. The average Bonchev–Trinajstić information content (AvgIpc) is 2.24. The number of rotatable bonds is 5. The topological polar surface area (TPSA) is 60.7 Å². The van der Waals surface area contributed by atoms with Gasteiger partial charge in [-0.05, 0) is 12.1 Å². The maximum atomic E-state index is 8.65. The summed E-state index contributed by atoms with van der Waals surface area (Å²) in [5.74, 6) is 0.750. The molecule has 1 heterocycles. The van der Waals surface area contributed by atoms with Gasteiger partial charge in [-0.2, -0.15) is 5.26 Å². The number of aromatic nitrogens is 1. The van der Waals surface area contributed by atoms with Gasteiger partial charge in [0.1, 0.15) is 17.6 Å². The molecule has 0 aliphatic carbocycles. The Hall–Kier alpha value is -1.60. The molecule has 1 rings (SSSR count). The van der Waals surface area contributed by atoms with E-state index in [1.54, 1.807) is 6.07 Å². The molecule has 0 unspecified atom stereocenters. The molecule has 1 aromatic rings. The summed E-state index contributed by atoms with van der Waals surface area (Å²) in [6, 6.07) is 7.87. The smallest absolute Gasteiger partial charge is 0.142 e. The van der Waals surface area contributed by atoms with Gasteiger partial charge < -0.3 is 10.6 Å². The minimum absolute atomic E-state index is 0.441. The van der Waals surface area contributed by atoms with Crippen LogP contribution in [0.1, 0.15) is 19.5 Å². The number of pyridine rings is 1. The second-order valence-electron chi connectivity index (χ2n) is 3.56. The molecule has 15 heavy (non-hydrogen) atoms. The zero-order chi connectivity index (χ0) is 11.1. The molecule has 80 valence electrons. The molecule has 0 aliphatic heterocycles. The van der Waals surface area contributed by atoms with Crippen molar-refractivity contribution >= 4 is 5.82 Å². The van der Waals surface area contributed by atoms with E-state index in [-0.39, 0.29) is 0 Å². The summed E-state index contributed by atoms with van der Waals surface area (Å²) in [5, 5.41) is 15.1. The van der Waals surface area contributed by atoms with Crippen molar-refractivity contribution in [3.05, 3.63) is 23.9 Å². The number of nitriles is 1. The predicted molar refractivity (Wildman–Crippen MR) is 60.6 cm³/mol. The first-order chi connectivity index (χ1) is 7.22. The van der Waals surface area contributed by atoms with Crippen LogP contribution >= 0.6 is 0 Å². The van der Waals surface area contributed by atoms with E-state index < -0.39 is 0 Å². The van der Waals surface area contributed by atoms with Gasteiger partial charge in [0.15, 0.2) is 0 Å². The van der Waals surface area contributed by atoms with E-state index in [2.05, 4.69) is 29.5 Å². The summed E-state index contributed by atoms with van der Waals surface area (Å²) in [4.78, 5) is 4.11. The summed E-state index contributed by atoms with van der Waals surface area (Å²) in [7, 11) is 0. The van der Waals surface area contributed by atoms with Gasteiger partial charge in [-0.15, -0.1) is 0 Å². The van der Waals surface area contributed by atoms with Crippen molar-refractivity contribution in [1.82, 2.24) is 10.3 Å². The number of anilines is 1. The zero-order valence-electron chi connectivity index (χ0n) is 9.12. The molecule has 0 saturated carbocycles. The largest absolute Gasteiger partial charge is 0.369 e. The standard InChI is InChI=1S/C11H16N4/c1-9(2)13-6-7-14-11-5-3-4-10(8-12)15-11/h3-5,9,13H,6-7H2,1-2H3,(H,14,15). The van der Waals surface area contributed by atoms with E-state index in [1.807, 2.05) is 18.2 Å². The highest BCUT2D eigenvalue weighted by atomic mass is 15.0. The summed E-state index contributed by atoms with van der Waals surface area (Å²) < 4.78 is 0.